The van der Waals surface area contributed by atoms with E-state index in [0.29, 0.717) is 17.5 Å². The number of amides is 2. The summed E-state index contributed by atoms with van der Waals surface area (Å²) in [7, 11) is 6.03. The van der Waals surface area contributed by atoms with Crippen LogP contribution < -0.4 is 10.1 Å². The van der Waals surface area contributed by atoms with Gasteiger partial charge in [0.05, 0.1) is 5.52 Å². The van der Waals surface area contributed by atoms with Gasteiger partial charge < -0.3 is 29.3 Å². The lowest BCUT2D eigenvalue weighted by molar-refractivity contribution is 0.0878. The Morgan fingerprint density at radius 2 is 1.74 bits per heavy atom. The van der Waals surface area contributed by atoms with E-state index in [4.69, 9.17) is 4.74 Å². The number of piperidine rings is 2. The van der Waals surface area contributed by atoms with E-state index in [0.717, 1.165) is 70.6 Å². The molecule has 4 heterocycles. The van der Waals surface area contributed by atoms with Crippen LogP contribution in [-0.4, -0.2) is 95.2 Å². The van der Waals surface area contributed by atoms with Gasteiger partial charge in [0.25, 0.3) is 5.91 Å². The molecule has 4 aromatic rings. The zero-order valence-electron chi connectivity index (χ0n) is 26.2. The summed E-state index contributed by atoms with van der Waals surface area (Å²) in [5, 5.41) is 6.90. The number of likely N-dealkylation sites (tertiary alicyclic amines) is 2. The highest BCUT2D eigenvalue weighted by Crippen LogP contribution is 2.37. The maximum absolute atomic E-state index is 13.3. The molecule has 0 saturated carbocycles. The van der Waals surface area contributed by atoms with Gasteiger partial charge in [-0.15, -0.1) is 0 Å². The number of hydrogen-bond donors (Lipinski definition) is 1. The summed E-state index contributed by atoms with van der Waals surface area (Å²) >= 11 is 0. The zero-order valence-corrected chi connectivity index (χ0v) is 26.2. The summed E-state index contributed by atoms with van der Waals surface area (Å²) in [5.41, 5.74) is 3.62. The highest BCUT2D eigenvalue weighted by atomic mass is 16.6. The number of rotatable bonds is 6. The van der Waals surface area contributed by atoms with Gasteiger partial charge in [-0.2, -0.15) is 0 Å². The van der Waals surface area contributed by atoms with E-state index in [-0.39, 0.29) is 18.0 Å². The Kier molecular flexibility index (Phi) is 8.29. The number of fused-ring (bicyclic) bond motifs is 4. The number of carbonyl (C=O) groups excluding carboxylic acids is 2. The van der Waals surface area contributed by atoms with Crippen molar-refractivity contribution >= 4 is 44.6 Å². The van der Waals surface area contributed by atoms with E-state index in [1.165, 1.54) is 32.4 Å². The number of pyridine rings is 1. The molecule has 2 aromatic carbocycles. The maximum Gasteiger partial charge on any atom is 0.415 e. The van der Waals surface area contributed by atoms with Crippen molar-refractivity contribution in [3.63, 3.8) is 0 Å². The number of nitrogens with zero attached hydrogens (tertiary/aromatic N) is 5. The lowest BCUT2D eigenvalue weighted by Gasteiger charge is -2.39. The van der Waals surface area contributed by atoms with Crippen molar-refractivity contribution < 1.29 is 14.3 Å². The zero-order chi connectivity index (χ0) is 30.2. The van der Waals surface area contributed by atoms with Crippen LogP contribution in [0.5, 0.6) is 5.75 Å². The highest BCUT2D eigenvalue weighted by Gasteiger charge is 2.29. The van der Waals surface area contributed by atoms with Gasteiger partial charge in [0.1, 0.15) is 11.4 Å². The van der Waals surface area contributed by atoms with Crippen LogP contribution in [0.25, 0.3) is 32.6 Å². The van der Waals surface area contributed by atoms with Gasteiger partial charge in [-0.3, -0.25) is 9.78 Å². The summed E-state index contributed by atoms with van der Waals surface area (Å²) in [6, 6.07) is 10.4. The van der Waals surface area contributed by atoms with E-state index in [1.54, 1.807) is 6.20 Å². The fraction of sp³-hybridized carbons (Fsp3) is 0.500. The molecule has 1 N–H and O–H groups in total. The Hall–Kier alpha value is -3.69. The number of nitrogens with one attached hydrogen (secondary N) is 1. The van der Waals surface area contributed by atoms with Crippen molar-refractivity contribution in [2.45, 2.75) is 58.0 Å². The molecule has 9 heteroatoms. The molecular weight excluding hydrogens is 540 g/mol. The van der Waals surface area contributed by atoms with E-state index in [2.05, 4.69) is 39.8 Å². The molecule has 0 bridgehead atoms. The van der Waals surface area contributed by atoms with Gasteiger partial charge in [0.2, 0.25) is 0 Å². The average Bonchev–Trinajstić information content (AvgIpc) is 3.28. The quantitative estimate of drug-likeness (QED) is 0.331. The van der Waals surface area contributed by atoms with E-state index < -0.39 is 0 Å². The smallest absolute Gasteiger partial charge is 0.410 e. The number of benzene rings is 2. The maximum atomic E-state index is 13.3. The number of aryl methyl sites for hydroxylation is 2. The third-order valence-corrected chi connectivity index (χ3v) is 9.31. The second-order valence-electron chi connectivity index (χ2n) is 12.7. The Labute approximate surface area is 253 Å². The van der Waals surface area contributed by atoms with Crippen LogP contribution in [0.3, 0.4) is 0 Å². The van der Waals surface area contributed by atoms with Gasteiger partial charge in [-0.1, -0.05) is 6.42 Å². The first-order valence-electron chi connectivity index (χ1n) is 15.7. The molecule has 0 radical (unpaired) electrons. The summed E-state index contributed by atoms with van der Waals surface area (Å²) in [6.45, 7) is 8.66. The second-order valence-corrected chi connectivity index (χ2v) is 12.7. The van der Waals surface area contributed by atoms with Crippen LogP contribution in [-0.2, 0) is 7.05 Å². The Bertz CT molecular complexity index is 1660. The topological polar surface area (TPSA) is 82.9 Å². The number of ether oxygens (including phenoxy) is 1. The molecule has 228 valence electrons. The lowest BCUT2D eigenvalue weighted by Crippen LogP contribution is -2.48. The molecule has 6 rings (SSSR count). The summed E-state index contributed by atoms with van der Waals surface area (Å²) in [4.78, 5) is 37.5. The SMILES string of the molecule is Cc1c2ccnc(C(=O)N[C@H](C)CN(C)C)c2cc2c3cc(OC(=O)N4CCC(N5CCCCC5)CC4)ccc3n(C)c12. The van der Waals surface area contributed by atoms with Crippen LogP contribution in [0.2, 0.25) is 0 Å². The minimum atomic E-state index is -0.284. The van der Waals surface area contributed by atoms with Gasteiger partial charge in [0, 0.05) is 66.6 Å². The Morgan fingerprint density at radius 1 is 1.00 bits per heavy atom. The first-order valence-corrected chi connectivity index (χ1v) is 15.7. The predicted molar refractivity (Wildman–Crippen MR) is 172 cm³/mol. The van der Waals surface area contributed by atoms with Crippen LogP contribution >= 0.6 is 0 Å². The molecular formula is C34H44N6O3. The summed E-state index contributed by atoms with van der Waals surface area (Å²) in [6.07, 6.45) is 7.34. The van der Waals surface area contributed by atoms with Crippen LogP contribution in [0.4, 0.5) is 4.79 Å². The fourth-order valence-electron chi connectivity index (χ4n) is 7.26. The Balaban J connectivity index is 1.27. The molecule has 2 aliphatic heterocycles. The summed E-state index contributed by atoms with van der Waals surface area (Å²) < 4.78 is 8.12. The average molecular weight is 585 g/mol. The number of aromatic nitrogens is 2. The van der Waals surface area contributed by atoms with Crippen molar-refractivity contribution in [1.82, 2.24) is 29.6 Å². The molecule has 2 aliphatic rings. The van der Waals surface area contributed by atoms with Crippen molar-refractivity contribution in [2.24, 2.45) is 7.05 Å². The van der Waals surface area contributed by atoms with Gasteiger partial charge >= 0.3 is 6.09 Å². The van der Waals surface area contributed by atoms with Crippen molar-refractivity contribution in [3.05, 3.63) is 47.8 Å². The molecule has 2 amide bonds. The minimum Gasteiger partial charge on any atom is -0.410 e. The molecule has 0 unspecified atom stereocenters. The monoisotopic (exact) mass is 584 g/mol. The highest BCUT2D eigenvalue weighted by molar-refractivity contribution is 6.17. The summed E-state index contributed by atoms with van der Waals surface area (Å²) in [5.74, 6) is 0.347. The third kappa shape index (κ3) is 5.80. The number of carbonyl (C=O) groups is 2. The predicted octanol–water partition coefficient (Wildman–Crippen LogP) is 5.32. The molecule has 9 nitrogen and oxygen atoms in total. The molecule has 43 heavy (non-hydrogen) atoms. The Morgan fingerprint density at radius 3 is 2.47 bits per heavy atom. The standard InChI is InChI=1S/C34H44N6O3/c1-22(21-37(3)4)36-33(41)31-28-20-29-27-19-25(9-10-30(27)38(5)32(29)23(2)26(28)11-14-35-31)43-34(42)40-17-12-24(13-18-40)39-15-7-6-8-16-39/h9-11,14,19-20,22,24H,6-8,12-13,15-18,21H2,1-5H3,(H,36,41)/t22-/m1/s1. The van der Waals surface area contributed by atoms with Crippen LogP contribution in [0.1, 0.15) is 55.1 Å². The molecule has 0 aliphatic carbocycles. The van der Waals surface area contributed by atoms with E-state index in [1.807, 2.05) is 55.1 Å². The largest absolute Gasteiger partial charge is 0.415 e. The normalized spacial score (nSPS) is 17.7. The molecule has 2 saturated heterocycles. The van der Waals surface area contributed by atoms with Gasteiger partial charge in [0.15, 0.2) is 0 Å². The molecule has 2 fully saturated rings. The first kappa shape index (κ1) is 29.4. The second kappa shape index (κ2) is 12.1. The van der Waals surface area contributed by atoms with Crippen molar-refractivity contribution in [2.75, 3.05) is 46.8 Å². The van der Waals surface area contributed by atoms with Gasteiger partial charge in [-0.25, -0.2) is 4.79 Å². The number of hydrogen-bond acceptors (Lipinski definition) is 6. The van der Waals surface area contributed by atoms with E-state index in [9.17, 15) is 9.59 Å². The van der Waals surface area contributed by atoms with Gasteiger partial charge in [-0.05, 0) is 108 Å². The van der Waals surface area contributed by atoms with Crippen molar-refractivity contribution in [1.29, 1.82) is 0 Å². The number of likely N-dealkylation sites (N-methyl/N-ethyl adjacent to an activating group) is 1. The van der Waals surface area contributed by atoms with Crippen molar-refractivity contribution in [3.8, 4) is 5.75 Å². The molecule has 0 spiro atoms. The lowest BCUT2D eigenvalue weighted by atomic mass is 10.00. The fourth-order valence-corrected chi connectivity index (χ4v) is 7.26. The first-order chi connectivity index (χ1) is 20.7. The van der Waals surface area contributed by atoms with Crippen LogP contribution in [0, 0.1) is 6.92 Å². The minimum absolute atomic E-state index is 0.0188. The third-order valence-electron chi connectivity index (χ3n) is 9.31. The van der Waals surface area contributed by atoms with Crippen LogP contribution in [0.15, 0.2) is 36.5 Å². The molecule has 2 aromatic heterocycles. The molecule has 1 atom stereocenters. The van der Waals surface area contributed by atoms with E-state index >= 15 is 0 Å².